The molecule has 0 bridgehead atoms. The van der Waals surface area contributed by atoms with E-state index in [9.17, 15) is 0 Å². The normalized spacial score (nSPS) is 49.2. The van der Waals surface area contributed by atoms with Crippen molar-refractivity contribution in [2.75, 3.05) is 20.8 Å². The maximum Gasteiger partial charge on any atom is 0.160 e. The second kappa shape index (κ2) is 15.4. The molecule has 3 aliphatic rings. The Morgan fingerprint density at radius 3 is 1.17 bits per heavy atom. The van der Waals surface area contributed by atoms with Gasteiger partial charge in [-0.25, -0.2) is 0 Å². The van der Waals surface area contributed by atoms with Crippen LogP contribution < -0.4 is 0 Å². The zero-order chi connectivity index (χ0) is 27.9. The van der Waals surface area contributed by atoms with Gasteiger partial charge >= 0.3 is 0 Å². The molecule has 216 valence electrons. The molecule has 6 heteroatoms. The van der Waals surface area contributed by atoms with E-state index in [1.54, 1.807) is 14.2 Å². The van der Waals surface area contributed by atoms with Gasteiger partial charge in [-0.3, -0.25) is 0 Å². The summed E-state index contributed by atoms with van der Waals surface area (Å²) in [5.74, 6) is 5.34. The summed E-state index contributed by atoms with van der Waals surface area (Å²) in [6, 6.07) is 0. The summed E-state index contributed by atoms with van der Waals surface area (Å²) in [5, 5.41) is 9.10. The number of ether oxygens (including phenoxy) is 5. The monoisotopic (exact) mass is 516 g/mol. The van der Waals surface area contributed by atoms with Crippen LogP contribution in [0.5, 0.6) is 0 Å². The van der Waals surface area contributed by atoms with Crippen LogP contribution in [0.25, 0.3) is 0 Å². The fraction of sp³-hybridized carbons (Fsp3) is 1.00. The van der Waals surface area contributed by atoms with Gasteiger partial charge in [-0.1, -0.05) is 62.3 Å². The molecule has 0 aromatic rings. The van der Waals surface area contributed by atoms with Crippen molar-refractivity contribution in [1.82, 2.24) is 0 Å². The van der Waals surface area contributed by atoms with Crippen molar-refractivity contribution in [3.05, 3.63) is 0 Å². The van der Waals surface area contributed by atoms with Crippen LogP contribution in [0.4, 0.5) is 0 Å². The average Bonchev–Trinajstić information content (AvgIpc) is 2.86. The highest BCUT2D eigenvalue weighted by Crippen LogP contribution is 2.36. The zero-order valence-corrected chi connectivity index (χ0v) is 25.9. The van der Waals surface area contributed by atoms with Crippen LogP contribution in [0.15, 0.2) is 0 Å². The van der Waals surface area contributed by atoms with Crippen molar-refractivity contribution in [1.29, 1.82) is 0 Å². The molecule has 0 saturated carbocycles. The van der Waals surface area contributed by atoms with E-state index in [0.717, 1.165) is 5.92 Å². The SMILES string of the molecule is CC1OC(C)[C@H](C)C(C)[C@@H]1C.CO[C@H]1OC(C)[C@H](C)C(C)[C@@H]1C.CO[C@H]1OC(CO)[C@H](C)C(C)[C@@H]1C. The Morgan fingerprint density at radius 2 is 0.778 bits per heavy atom. The molecule has 3 heterocycles. The number of hydrogen-bond donors (Lipinski definition) is 1. The molecule has 3 aliphatic heterocycles. The number of hydrogen-bond acceptors (Lipinski definition) is 6. The van der Waals surface area contributed by atoms with Gasteiger partial charge in [0.05, 0.1) is 31.0 Å². The summed E-state index contributed by atoms with van der Waals surface area (Å²) in [6.07, 6.45) is 0.958. The highest BCUT2D eigenvalue weighted by Gasteiger charge is 2.39. The van der Waals surface area contributed by atoms with E-state index in [1.165, 1.54) is 0 Å². The summed E-state index contributed by atoms with van der Waals surface area (Å²) in [7, 11) is 3.37. The fourth-order valence-corrected chi connectivity index (χ4v) is 5.77. The smallest absolute Gasteiger partial charge is 0.160 e. The Morgan fingerprint density at radius 1 is 0.444 bits per heavy atom. The number of aliphatic hydroxyl groups excluding tert-OH is 1. The topological polar surface area (TPSA) is 66.4 Å². The Hall–Kier alpha value is -0.240. The summed E-state index contributed by atoms with van der Waals surface area (Å²) < 4.78 is 27.6. The van der Waals surface area contributed by atoms with Crippen molar-refractivity contribution in [3.8, 4) is 0 Å². The lowest BCUT2D eigenvalue weighted by Gasteiger charge is -2.42. The summed E-state index contributed by atoms with van der Waals surface area (Å²) in [6.45, 7) is 26.6. The fourth-order valence-electron chi connectivity index (χ4n) is 5.77. The van der Waals surface area contributed by atoms with Gasteiger partial charge in [-0.05, 0) is 62.2 Å². The molecule has 15 atom stereocenters. The van der Waals surface area contributed by atoms with Crippen LogP contribution in [0, 0.1) is 53.3 Å². The quantitative estimate of drug-likeness (QED) is 0.478. The van der Waals surface area contributed by atoms with Gasteiger partial charge in [0.15, 0.2) is 12.6 Å². The highest BCUT2D eigenvalue weighted by atomic mass is 16.7. The Bertz CT molecular complexity index is 563. The van der Waals surface area contributed by atoms with Crippen LogP contribution in [0.1, 0.15) is 83.1 Å². The van der Waals surface area contributed by atoms with E-state index in [0.29, 0.717) is 65.7 Å². The standard InChI is InChI=1S/C10H20O3.C10H20O2.C10H20O/c1-6-7(2)9(5-11)13-10(12-4)8(6)3;1-6-7(2)9(4)12-10(11-5)8(6)3;1-6-7(2)9(4)11-10(5)8(6)3/h6-11H,5H2,1-4H3;6-10H,1-5H3;6-10H,1-5H3/t2*6?,7-,8+,9?,10+;6?,7-,8+,9?,10?/m11./s1. The highest BCUT2D eigenvalue weighted by molar-refractivity contribution is 4.83. The number of aliphatic hydroxyl groups is 1. The lowest BCUT2D eigenvalue weighted by Crippen LogP contribution is -2.46. The first-order valence-corrected chi connectivity index (χ1v) is 14.4. The zero-order valence-electron chi connectivity index (χ0n) is 25.9. The second-order valence-electron chi connectivity index (χ2n) is 12.2. The Labute approximate surface area is 223 Å². The minimum Gasteiger partial charge on any atom is -0.394 e. The molecule has 6 nitrogen and oxygen atoms in total. The first-order valence-electron chi connectivity index (χ1n) is 14.4. The first-order chi connectivity index (χ1) is 16.7. The molecule has 0 amide bonds. The predicted molar refractivity (Wildman–Crippen MR) is 147 cm³/mol. The van der Waals surface area contributed by atoms with Crippen molar-refractivity contribution >= 4 is 0 Å². The molecule has 3 fully saturated rings. The molecule has 3 rings (SSSR count). The lowest BCUT2D eigenvalue weighted by atomic mass is 9.77. The first kappa shape index (κ1) is 33.8. The van der Waals surface area contributed by atoms with E-state index < -0.39 is 0 Å². The van der Waals surface area contributed by atoms with Gasteiger partial charge in [-0.15, -0.1) is 0 Å². The van der Waals surface area contributed by atoms with E-state index in [2.05, 4.69) is 83.1 Å². The van der Waals surface area contributed by atoms with E-state index in [-0.39, 0.29) is 25.3 Å². The molecule has 7 unspecified atom stereocenters. The molecule has 0 radical (unpaired) electrons. The van der Waals surface area contributed by atoms with Gasteiger partial charge in [0.2, 0.25) is 0 Å². The van der Waals surface area contributed by atoms with Crippen molar-refractivity contribution in [2.45, 2.75) is 120 Å². The van der Waals surface area contributed by atoms with Gasteiger partial charge in [0.25, 0.3) is 0 Å². The van der Waals surface area contributed by atoms with Crippen LogP contribution in [0.3, 0.4) is 0 Å². The summed E-state index contributed by atoms with van der Waals surface area (Å²) in [5.41, 5.74) is 0. The third kappa shape index (κ3) is 8.38. The Kier molecular flexibility index (Phi) is 14.4. The summed E-state index contributed by atoms with van der Waals surface area (Å²) >= 11 is 0. The summed E-state index contributed by atoms with van der Waals surface area (Å²) in [4.78, 5) is 0. The third-order valence-electron chi connectivity index (χ3n) is 10.4. The van der Waals surface area contributed by atoms with Gasteiger partial charge in [-0.2, -0.15) is 0 Å². The van der Waals surface area contributed by atoms with Crippen molar-refractivity contribution < 1.29 is 28.8 Å². The minimum atomic E-state index is -0.164. The molecular formula is C30H60O6. The van der Waals surface area contributed by atoms with E-state index >= 15 is 0 Å². The average molecular weight is 517 g/mol. The van der Waals surface area contributed by atoms with Crippen LogP contribution in [0.2, 0.25) is 0 Å². The van der Waals surface area contributed by atoms with Gasteiger partial charge in [0.1, 0.15) is 0 Å². The Balaban J connectivity index is 0.000000271. The number of rotatable bonds is 3. The minimum absolute atomic E-state index is 0.00815. The predicted octanol–water partition coefficient (Wildman–Crippen LogP) is 6.25. The van der Waals surface area contributed by atoms with Crippen LogP contribution in [-0.2, 0) is 23.7 Å². The molecule has 0 spiro atoms. The largest absolute Gasteiger partial charge is 0.394 e. The van der Waals surface area contributed by atoms with Gasteiger partial charge in [0, 0.05) is 26.1 Å². The molecule has 0 aromatic heterocycles. The maximum atomic E-state index is 9.10. The molecular weight excluding hydrogens is 456 g/mol. The molecule has 1 N–H and O–H groups in total. The van der Waals surface area contributed by atoms with Crippen LogP contribution in [-0.4, -0.2) is 62.9 Å². The number of methoxy groups -OCH3 is 2. The molecule has 0 aromatic carbocycles. The van der Waals surface area contributed by atoms with E-state index in [4.69, 9.17) is 28.8 Å². The van der Waals surface area contributed by atoms with Crippen molar-refractivity contribution in [3.63, 3.8) is 0 Å². The van der Waals surface area contributed by atoms with Crippen LogP contribution >= 0.6 is 0 Å². The lowest BCUT2D eigenvalue weighted by molar-refractivity contribution is -0.244. The molecule has 0 aliphatic carbocycles. The second-order valence-corrected chi connectivity index (χ2v) is 12.2. The third-order valence-corrected chi connectivity index (χ3v) is 10.4. The van der Waals surface area contributed by atoms with Gasteiger partial charge < -0.3 is 28.8 Å². The maximum absolute atomic E-state index is 9.10. The molecule has 3 saturated heterocycles. The molecule has 36 heavy (non-hydrogen) atoms. The van der Waals surface area contributed by atoms with Crippen molar-refractivity contribution in [2.24, 2.45) is 53.3 Å². The van der Waals surface area contributed by atoms with E-state index in [1.807, 2.05) is 0 Å².